The van der Waals surface area contributed by atoms with Gasteiger partial charge in [-0.3, -0.25) is 9.69 Å². The van der Waals surface area contributed by atoms with E-state index in [2.05, 4.69) is 5.32 Å². The zero-order chi connectivity index (χ0) is 8.89. The van der Waals surface area contributed by atoms with Gasteiger partial charge < -0.3 is 5.32 Å². The first-order valence-electron chi connectivity index (χ1n) is 4.48. The molecule has 1 fully saturated rings. The summed E-state index contributed by atoms with van der Waals surface area (Å²) >= 11 is 0. The third kappa shape index (κ3) is 0.813. The number of nitrogens with one attached hydrogen (secondary N) is 1. The maximum Gasteiger partial charge on any atom is 0.256 e. The van der Waals surface area contributed by atoms with E-state index < -0.39 is 0 Å². The van der Waals surface area contributed by atoms with Crippen LogP contribution in [0.25, 0.3) is 0 Å². The highest BCUT2D eigenvalue weighted by Gasteiger charge is 2.53. The van der Waals surface area contributed by atoms with Gasteiger partial charge in [-0.2, -0.15) is 0 Å². The number of nitrogens with zero attached hydrogens (tertiary/aromatic N) is 1. The molecule has 0 aromatic rings. The van der Waals surface area contributed by atoms with Gasteiger partial charge in [-0.1, -0.05) is 6.08 Å². The molecule has 0 atom stereocenters. The fourth-order valence-corrected chi connectivity index (χ4v) is 1.75. The Morgan fingerprint density at radius 3 is 3.00 bits per heavy atom. The molecule has 66 valence electrons. The summed E-state index contributed by atoms with van der Waals surface area (Å²) in [5.41, 5.74) is 0.684. The smallest absolute Gasteiger partial charge is 0.256 e. The van der Waals surface area contributed by atoms with Crippen molar-refractivity contribution in [2.75, 3.05) is 0 Å². The Balaban J connectivity index is 2.04. The fourth-order valence-electron chi connectivity index (χ4n) is 1.75. The molecule has 0 aromatic heterocycles. The van der Waals surface area contributed by atoms with Crippen LogP contribution in [0.4, 0.5) is 0 Å². The summed E-state index contributed by atoms with van der Waals surface area (Å²) in [6, 6.07) is 0. The number of hydrogen-bond acceptors (Lipinski definition) is 2. The predicted molar refractivity (Wildman–Crippen MR) is 48.3 cm³/mol. The van der Waals surface area contributed by atoms with E-state index in [1.54, 1.807) is 4.90 Å². The average molecular weight is 174 g/mol. The molecule has 3 heteroatoms. The van der Waals surface area contributed by atoms with E-state index in [4.69, 9.17) is 0 Å². The van der Waals surface area contributed by atoms with E-state index in [0.717, 1.165) is 18.5 Å². The first-order valence-corrected chi connectivity index (χ1v) is 4.48. The van der Waals surface area contributed by atoms with Crippen molar-refractivity contribution in [1.82, 2.24) is 10.2 Å². The Morgan fingerprint density at radius 1 is 1.38 bits per heavy atom. The van der Waals surface area contributed by atoms with E-state index in [9.17, 15) is 4.79 Å². The molecule has 3 aliphatic rings. The summed E-state index contributed by atoms with van der Waals surface area (Å²) < 4.78 is 0. The highest BCUT2D eigenvalue weighted by molar-refractivity contribution is 5.93. The van der Waals surface area contributed by atoms with Gasteiger partial charge in [-0.15, -0.1) is 0 Å². The molecule has 3 nitrogen and oxygen atoms in total. The molecule has 0 bridgehead atoms. The Morgan fingerprint density at radius 2 is 2.23 bits per heavy atom. The van der Waals surface area contributed by atoms with Crippen LogP contribution < -0.4 is 5.32 Å². The minimum absolute atomic E-state index is 0.186. The third-order valence-electron chi connectivity index (χ3n) is 2.77. The van der Waals surface area contributed by atoms with E-state index in [0.29, 0.717) is 0 Å². The van der Waals surface area contributed by atoms with Crippen LogP contribution in [0.15, 0.2) is 36.3 Å². The van der Waals surface area contributed by atoms with Crippen molar-refractivity contribution in [2.45, 2.75) is 18.4 Å². The number of rotatable bonds is 0. The third-order valence-corrected chi connectivity index (χ3v) is 2.77. The van der Waals surface area contributed by atoms with Crippen LogP contribution in [-0.4, -0.2) is 16.3 Å². The van der Waals surface area contributed by atoms with Gasteiger partial charge in [0.2, 0.25) is 0 Å². The predicted octanol–water partition coefficient (Wildman–Crippen LogP) is 0.876. The monoisotopic (exact) mass is 174 g/mol. The van der Waals surface area contributed by atoms with Crippen molar-refractivity contribution >= 4 is 5.91 Å². The molecule has 2 aliphatic heterocycles. The number of fused-ring (bicyclic) bond motifs is 1. The number of amides is 1. The van der Waals surface area contributed by atoms with Gasteiger partial charge in [-0.25, -0.2) is 0 Å². The molecule has 1 N–H and O–H groups in total. The van der Waals surface area contributed by atoms with Gasteiger partial charge >= 0.3 is 0 Å². The minimum atomic E-state index is -0.251. The van der Waals surface area contributed by atoms with Gasteiger partial charge in [0, 0.05) is 12.4 Å². The summed E-state index contributed by atoms with van der Waals surface area (Å²) in [5, 5.41) is 3.18. The highest BCUT2D eigenvalue weighted by Crippen LogP contribution is 2.40. The van der Waals surface area contributed by atoms with Crippen LogP contribution >= 0.6 is 0 Å². The molecule has 1 spiro atoms. The lowest BCUT2D eigenvalue weighted by Crippen LogP contribution is -2.48. The van der Waals surface area contributed by atoms with Gasteiger partial charge in [0.1, 0.15) is 5.54 Å². The maximum atomic E-state index is 11.9. The number of hydrogen-bond donors (Lipinski definition) is 1. The van der Waals surface area contributed by atoms with E-state index >= 15 is 0 Å². The van der Waals surface area contributed by atoms with E-state index in [-0.39, 0.29) is 11.4 Å². The van der Waals surface area contributed by atoms with Crippen molar-refractivity contribution < 1.29 is 4.79 Å². The Labute approximate surface area is 76.4 Å². The number of carbonyl (C=O) groups is 1. The van der Waals surface area contributed by atoms with Crippen LogP contribution in [0, 0.1) is 0 Å². The molecule has 1 amide bonds. The zero-order valence-corrected chi connectivity index (χ0v) is 7.16. The summed E-state index contributed by atoms with van der Waals surface area (Å²) in [6.07, 6.45) is 11.4. The topological polar surface area (TPSA) is 32.3 Å². The molecular weight excluding hydrogens is 164 g/mol. The molecule has 2 heterocycles. The van der Waals surface area contributed by atoms with Crippen molar-refractivity contribution in [3.8, 4) is 0 Å². The molecule has 13 heavy (non-hydrogen) atoms. The lowest BCUT2D eigenvalue weighted by Gasteiger charge is -2.31. The zero-order valence-electron chi connectivity index (χ0n) is 7.16. The van der Waals surface area contributed by atoms with Crippen molar-refractivity contribution in [3.05, 3.63) is 36.3 Å². The first-order chi connectivity index (χ1) is 6.32. The van der Waals surface area contributed by atoms with Gasteiger partial charge in [0.15, 0.2) is 0 Å². The maximum absolute atomic E-state index is 11.9. The van der Waals surface area contributed by atoms with E-state index in [1.807, 2.05) is 30.6 Å². The second kappa shape index (κ2) is 2.05. The van der Waals surface area contributed by atoms with Crippen LogP contribution in [0.3, 0.4) is 0 Å². The molecule has 1 saturated carbocycles. The second-order valence-corrected chi connectivity index (χ2v) is 3.67. The Hall–Kier alpha value is -1.51. The van der Waals surface area contributed by atoms with E-state index in [1.165, 1.54) is 0 Å². The van der Waals surface area contributed by atoms with Crippen LogP contribution in [0.2, 0.25) is 0 Å². The summed E-state index contributed by atoms with van der Waals surface area (Å²) in [6.45, 7) is 0. The second-order valence-electron chi connectivity index (χ2n) is 3.67. The largest absolute Gasteiger partial charge is 0.375 e. The van der Waals surface area contributed by atoms with Crippen LogP contribution in [-0.2, 0) is 4.79 Å². The molecule has 3 rings (SSSR count). The molecule has 1 aliphatic carbocycles. The highest BCUT2D eigenvalue weighted by atomic mass is 16.2. The summed E-state index contributed by atoms with van der Waals surface area (Å²) in [5.74, 6) is 0.186. The Bertz CT molecular complexity index is 361. The minimum Gasteiger partial charge on any atom is -0.375 e. The van der Waals surface area contributed by atoms with Gasteiger partial charge in [-0.05, 0) is 25.0 Å². The molecule has 0 aromatic carbocycles. The molecule has 0 radical (unpaired) electrons. The molecule has 0 unspecified atom stereocenters. The Kier molecular flexibility index (Phi) is 1.09. The summed E-state index contributed by atoms with van der Waals surface area (Å²) in [7, 11) is 0. The van der Waals surface area contributed by atoms with Crippen LogP contribution in [0.1, 0.15) is 12.8 Å². The first kappa shape index (κ1) is 6.95. The van der Waals surface area contributed by atoms with Crippen molar-refractivity contribution in [1.29, 1.82) is 0 Å². The van der Waals surface area contributed by atoms with Gasteiger partial charge in [0.05, 0.1) is 5.70 Å². The number of carbonyl (C=O) groups excluding carboxylic acids is 1. The van der Waals surface area contributed by atoms with Crippen molar-refractivity contribution in [2.24, 2.45) is 0 Å². The quantitative estimate of drug-likeness (QED) is 0.591. The average Bonchev–Trinajstić information content (AvgIpc) is 2.94. The fraction of sp³-hybridized carbons (Fsp3) is 0.300. The molecule has 0 saturated heterocycles. The van der Waals surface area contributed by atoms with Crippen molar-refractivity contribution in [3.63, 3.8) is 0 Å². The van der Waals surface area contributed by atoms with Crippen LogP contribution in [0.5, 0.6) is 0 Å². The standard InChI is InChI=1S/C10H10N2O/c13-9-10(4-5-10)11-7-8-3-1-2-6-12(8)9/h1-3,6-7,11H,4-5H2. The number of allylic oxidation sites excluding steroid dienone is 3. The summed E-state index contributed by atoms with van der Waals surface area (Å²) in [4.78, 5) is 13.6. The molecular formula is C10H10N2O. The van der Waals surface area contributed by atoms with Gasteiger partial charge in [0.25, 0.3) is 5.91 Å². The lowest BCUT2D eigenvalue weighted by molar-refractivity contribution is -0.130. The SMILES string of the molecule is O=C1N2C=CC=CC2=CNC12CC2. The normalized spacial score (nSPS) is 26.9. The lowest BCUT2D eigenvalue weighted by atomic mass is 10.1.